The van der Waals surface area contributed by atoms with Crippen LogP contribution in [0.25, 0.3) is 0 Å². The number of aliphatic hydroxyl groups is 1. The molecule has 0 aliphatic heterocycles. The summed E-state index contributed by atoms with van der Waals surface area (Å²) in [6.07, 6.45) is 7.15. The standard InChI is InChI=1S/C30H38ClFN4O5S2/c1-35(18-27(37)19-8-9-19)26-7-5-4-6-24(26)34-25-16-23(32)29(15-22(25)31)43(38,39)36(30-33-12-13-42-30)17-20-10-11-21(40-2)14-28(20)41-3/h10-16,19,24,26-27,34,37H,4-9,17-18H2,1-3H3/t24-,26-,27-/m0/s1. The highest BCUT2D eigenvalue weighted by atomic mass is 35.5. The second-order valence-corrected chi connectivity index (χ2v) is 14.3. The Kier molecular flexibility index (Phi) is 10.0. The van der Waals surface area contributed by atoms with Gasteiger partial charge in [-0.25, -0.2) is 22.1 Å². The Morgan fingerprint density at radius 3 is 2.60 bits per heavy atom. The lowest BCUT2D eigenvalue weighted by Crippen LogP contribution is -2.49. The molecule has 2 aliphatic rings. The van der Waals surface area contributed by atoms with Crippen LogP contribution in [0.15, 0.2) is 46.8 Å². The number of rotatable bonds is 13. The van der Waals surface area contributed by atoms with Gasteiger partial charge in [0.15, 0.2) is 5.13 Å². The first-order chi connectivity index (χ1) is 20.6. The number of hydrogen-bond donors (Lipinski definition) is 2. The number of hydrogen-bond acceptors (Lipinski definition) is 9. The maximum atomic E-state index is 15.8. The van der Waals surface area contributed by atoms with Gasteiger partial charge in [0, 0.05) is 41.8 Å². The third-order valence-electron chi connectivity index (χ3n) is 8.31. The van der Waals surface area contributed by atoms with E-state index in [2.05, 4.69) is 15.2 Å². The summed E-state index contributed by atoms with van der Waals surface area (Å²) in [4.78, 5) is 5.85. The van der Waals surface area contributed by atoms with Gasteiger partial charge < -0.3 is 19.9 Å². The number of ether oxygens (including phenoxy) is 2. The lowest BCUT2D eigenvalue weighted by atomic mass is 9.89. The van der Waals surface area contributed by atoms with E-state index in [4.69, 9.17) is 21.1 Å². The van der Waals surface area contributed by atoms with Crippen molar-refractivity contribution in [3.05, 3.63) is 58.3 Å². The predicted molar refractivity (Wildman–Crippen MR) is 167 cm³/mol. The Balaban J connectivity index is 1.41. The first-order valence-corrected chi connectivity index (χ1v) is 17.1. The molecule has 2 fully saturated rings. The van der Waals surface area contributed by atoms with Gasteiger partial charge in [0.2, 0.25) is 0 Å². The smallest absolute Gasteiger partial charge is 0.269 e. The van der Waals surface area contributed by atoms with Crippen LogP contribution in [0.5, 0.6) is 11.5 Å². The molecular weight excluding hydrogens is 615 g/mol. The van der Waals surface area contributed by atoms with Crippen LogP contribution < -0.4 is 19.1 Å². The highest BCUT2D eigenvalue weighted by Gasteiger charge is 2.35. The summed E-state index contributed by atoms with van der Waals surface area (Å²) < 4.78 is 55.6. The minimum absolute atomic E-state index is 0.0288. The highest BCUT2D eigenvalue weighted by molar-refractivity contribution is 7.93. The summed E-state index contributed by atoms with van der Waals surface area (Å²) in [7, 11) is 0.586. The third-order valence-corrected chi connectivity index (χ3v) is 11.3. The first-order valence-electron chi connectivity index (χ1n) is 14.4. The lowest BCUT2D eigenvalue weighted by molar-refractivity contribution is 0.0735. The minimum atomic E-state index is -4.43. The van der Waals surface area contributed by atoms with E-state index in [1.54, 1.807) is 23.6 Å². The number of aliphatic hydroxyl groups excluding tert-OH is 1. The Labute approximate surface area is 261 Å². The van der Waals surface area contributed by atoms with Crippen LogP contribution in [0.2, 0.25) is 5.02 Å². The van der Waals surface area contributed by atoms with E-state index in [0.717, 1.165) is 60.2 Å². The quantitative estimate of drug-likeness (QED) is 0.240. The van der Waals surface area contributed by atoms with Gasteiger partial charge in [-0.3, -0.25) is 4.90 Å². The average Bonchev–Trinajstić information content (AvgIpc) is 3.72. The molecule has 0 radical (unpaired) electrons. The number of aromatic nitrogens is 1. The molecule has 13 heteroatoms. The first kappa shape index (κ1) is 31.8. The van der Waals surface area contributed by atoms with Crippen molar-refractivity contribution >= 4 is 43.8 Å². The molecule has 2 saturated carbocycles. The maximum Gasteiger partial charge on any atom is 0.269 e. The van der Waals surface area contributed by atoms with Gasteiger partial charge in [-0.2, -0.15) is 0 Å². The number of anilines is 2. The number of likely N-dealkylation sites (N-methyl/N-ethyl adjacent to an activating group) is 1. The molecule has 2 aliphatic carbocycles. The predicted octanol–water partition coefficient (Wildman–Crippen LogP) is 5.77. The van der Waals surface area contributed by atoms with Crippen molar-refractivity contribution in [2.75, 3.05) is 37.4 Å². The molecule has 2 N–H and O–H groups in total. The van der Waals surface area contributed by atoms with Gasteiger partial charge in [0.05, 0.1) is 37.6 Å². The Morgan fingerprint density at radius 1 is 1.16 bits per heavy atom. The number of thiazole rings is 1. The molecule has 0 amide bonds. The van der Waals surface area contributed by atoms with Crippen LogP contribution in [0.1, 0.15) is 44.1 Å². The summed E-state index contributed by atoms with van der Waals surface area (Å²) in [5, 5.41) is 15.8. The van der Waals surface area contributed by atoms with Gasteiger partial charge in [0.1, 0.15) is 22.2 Å². The van der Waals surface area contributed by atoms with E-state index in [1.807, 2.05) is 7.05 Å². The molecule has 1 heterocycles. The van der Waals surface area contributed by atoms with Gasteiger partial charge in [-0.05, 0) is 62.9 Å². The normalized spacial score (nSPS) is 19.7. The van der Waals surface area contributed by atoms with E-state index < -0.39 is 20.7 Å². The van der Waals surface area contributed by atoms with Crippen LogP contribution in [0.3, 0.4) is 0 Å². The number of sulfonamides is 1. The van der Waals surface area contributed by atoms with Crippen LogP contribution in [0.4, 0.5) is 15.2 Å². The van der Waals surface area contributed by atoms with E-state index in [-0.39, 0.29) is 34.9 Å². The summed E-state index contributed by atoms with van der Waals surface area (Å²) in [6.45, 7) is 0.432. The zero-order chi connectivity index (χ0) is 30.7. The Hall–Kier alpha value is -2.64. The van der Waals surface area contributed by atoms with Crippen LogP contribution in [-0.4, -0.2) is 69.4 Å². The van der Waals surface area contributed by atoms with Gasteiger partial charge in [-0.1, -0.05) is 24.4 Å². The third kappa shape index (κ3) is 7.20. The van der Waals surface area contributed by atoms with E-state index in [9.17, 15) is 13.5 Å². The van der Waals surface area contributed by atoms with Gasteiger partial charge >= 0.3 is 0 Å². The molecule has 43 heavy (non-hydrogen) atoms. The number of nitrogens with one attached hydrogen (secondary N) is 1. The molecule has 0 bridgehead atoms. The SMILES string of the molecule is COc1ccc(CN(c2nccs2)S(=O)(=O)c2cc(Cl)c(N[C@H]3CCCC[C@@H]3N(C)C[C@H](O)C3CC3)cc2F)c(OC)c1. The summed E-state index contributed by atoms with van der Waals surface area (Å²) in [5.74, 6) is 0.437. The van der Waals surface area contributed by atoms with Crippen molar-refractivity contribution in [2.24, 2.45) is 5.92 Å². The van der Waals surface area contributed by atoms with E-state index >= 15 is 4.39 Å². The molecule has 3 aromatic rings. The largest absolute Gasteiger partial charge is 0.497 e. The molecule has 0 saturated heterocycles. The zero-order valence-corrected chi connectivity index (χ0v) is 26.9. The molecule has 3 atom stereocenters. The maximum absolute atomic E-state index is 15.8. The second kappa shape index (κ2) is 13.6. The average molecular weight is 653 g/mol. The molecule has 0 unspecified atom stereocenters. The second-order valence-electron chi connectivity index (χ2n) is 11.2. The summed E-state index contributed by atoms with van der Waals surface area (Å²) in [5.41, 5.74) is 0.884. The van der Waals surface area contributed by atoms with Crippen molar-refractivity contribution in [1.82, 2.24) is 9.88 Å². The molecule has 2 aromatic carbocycles. The fraction of sp³-hybridized carbons (Fsp3) is 0.500. The number of benzene rings is 2. The number of methoxy groups -OCH3 is 2. The van der Waals surface area contributed by atoms with Gasteiger partial charge in [0.25, 0.3) is 10.0 Å². The van der Waals surface area contributed by atoms with E-state index in [0.29, 0.717) is 35.2 Å². The van der Waals surface area contributed by atoms with Crippen LogP contribution in [0, 0.1) is 11.7 Å². The van der Waals surface area contributed by atoms with Crippen molar-refractivity contribution in [1.29, 1.82) is 0 Å². The molecule has 9 nitrogen and oxygen atoms in total. The Bertz CT molecular complexity index is 1510. The Morgan fingerprint density at radius 2 is 1.93 bits per heavy atom. The van der Waals surface area contributed by atoms with Crippen LogP contribution >= 0.6 is 22.9 Å². The zero-order valence-electron chi connectivity index (χ0n) is 24.5. The minimum Gasteiger partial charge on any atom is -0.497 e. The van der Waals surface area contributed by atoms with E-state index in [1.165, 1.54) is 26.5 Å². The molecule has 1 aromatic heterocycles. The van der Waals surface area contributed by atoms with Crippen molar-refractivity contribution in [3.8, 4) is 11.5 Å². The monoisotopic (exact) mass is 652 g/mol. The van der Waals surface area contributed by atoms with Crippen LogP contribution in [-0.2, 0) is 16.6 Å². The van der Waals surface area contributed by atoms with Crippen molar-refractivity contribution in [3.63, 3.8) is 0 Å². The molecule has 5 rings (SSSR count). The number of nitrogens with zero attached hydrogens (tertiary/aromatic N) is 3. The summed E-state index contributed by atoms with van der Waals surface area (Å²) in [6, 6.07) is 7.48. The lowest BCUT2D eigenvalue weighted by Gasteiger charge is -2.39. The fourth-order valence-electron chi connectivity index (χ4n) is 5.75. The summed E-state index contributed by atoms with van der Waals surface area (Å²) >= 11 is 7.77. The highest BCUT2D eigenvalue weighted by Crippen LogP contribution is 2.37. The van der Waals surface area contributed by atoms with Crippen molar-refractivity contribution in [2.45, 2.75) is 68.2 Å². The number of halogens is 2. The van der Waals surface area contributed by atoms with Gasteiger partial charge in [-0.15, -0.1) is 11.3 Å². The molecular formula is C30H38ClFN4O5S2. The van der Waals surface area contributed by atoms with Crippen molar-refractivity contribution < 1.29 is 27.4 Å². The fourth-order valence-corrected chi connectivity index (χ4v) is 8.38. The molecule has 0 spiro atoms. The molecule has 234 valence electrons. The topological polar surface area (TPSA) is 104 Å².